The number of aryl methyl sites for hydroxylation is 3. The Kier molecular flexibility index (Phi) is 4.52. The first-order valence-corrected chi connectivity index (χ1v) is 8.24. The molecular formula is C17H21N5O3. The van der Waals surface area contributed by atoms with Crippen LogP contribution in [0.2, 0.25) is 0 Å². The van der Waals surface area contributed by atoms with Gasteiger partial charge in [0.2, 0.25) is 5.91 Å². The summed E-state index contributed by atoms with van der Waals surface area (Å²) in [6, 6.07) is 3.02. The third-order valence-electron chi connectivity index (χ3n) is 4.53. The Balaban J connectivity index is 1.56. The zero-order valence-electron chi connectivity index (χ0n) is 14.5. The lowest BCUT2D eigenvalue weighted by Gasteiger charge is -2.35. The second-order valence-corrected chi connectivity index (χ2v) is 6.60. The summed E-state index contributed by atoms with van der Waals surface area (Å²) in [5.74, 6) is 0.528. The highest BCUT2D eigenvalue weighted by Gasteiger charge is 2.32. The zero-order valence-corrected chi connectivity index (χ0v) is 14.5. The number of H-pyrrole nitrogens is 1. The molecule has 0 atom stereocenters. The highest BCUT2D eigenvalue weighted by molar-refractivity contribution is 5.76. The summed E-state index contributed by atoms with van der Waals surface area (Å²) < 4.78 is 1.18. The van der Waals surface area contributed by atoms with Crippen LogP contribution in [0, 0.1) is 20.8 Å². The Morgan fingerprint density at radius 3 is 2.68 bits per heavy atom. The molecular weight excluding hydrogens is 322 g/mol. The Labute approximate surface area is 144 Å². The Morgan fingerprint density at radius 2 is 2.00 bits per heavy atom. The van der Waals surface area contributed by atoms with E-state index in [0.29, 0.717) is 5.82 Å². The van der Waals surface area contributed by atoms with Crippen LogP contribution in [0.3, 0.4) is 0 Å². The van der Waals surface area contributed by atoms with Gasteiger partial charge in [0.25, 0.3) is 11.1 Å². The zero-order chi connectivity index (χ0) is 18.1. The van der Waals surface area contributed by atoms with E-state index in [4.69, 9.17) is 0 Å². The third kappa shape index (κ3) is 3.84. The summed E-state index contributed by atoms with van der Waals surface area (Å²) in [7, 11) is 0. The maximum atomic E-state index is 12.1. The van der Waals surface area contributed by atoms with Crippen molar-refractivity contribution in [2.24, 2.45) is 0 Å². The number of nitrogens with one attached hydrogen (secondary N) is 2. The van der Waals surface area contributed by atoms with E-state index in [2.05, 4.69) is 20.4 Å². The Bertz CT molecular complexity index is 925. The number of aromatic amines is 1. The van der Waals surface area contributed by atoms with Crippen LogP contribution in [-0.4, -0.2) is 31.7 Å². The lowest BCUT2D eigenvalue weighted by Crippen LogP contribution is -2.46. The number of rotatable bonds is 4. The van der Waals surface area contributed by atoms with Crippen molar-refractivity contribution < 1.29 is 4.79 Å². The van der Waals surface area contributed by atoms with Crippen molar-refractivity contribution in [3.8, 4) is 0 Å². The van der Waals surface area contributed by atoms with Crippen LogP contribution >= 0.6 is 0 Å². The van der Waals surface area contributed by atoms with Gasteiger partial charge in [-0.05, 0) is 39.2 Å². The molecule has 2 heterocycles. The van der Waals surface area contributed by atoms with Crippen molar-refractivity contribution in [1.82, 2.24) is 25.1 Å². The SMILES string of the molecule is Cc1nc(C2CC(NC(=O)Cn3nc(C)c(C)cc3=O)C2)cc(=O)[nH]1. The number of carbonyl (C=O) groups is 1. The molecule has 1 amide bonds. The molecule has 0 bridgehead atoms. The smallest absolute Gasteiger partial charge is 0.267 e. The maximum absolute atomic E-state index is 12.1. The van der Waals surface area contributed by atoms with Gasteiger partial charge in [0.05, 0.1) is 11.4 Å². The Hall–Kier alpha value is -2.77. The van der Waals surface area contributed by atoms with Crippen molar-refractivity contribution in [3.05, 3.63) is 55.6 Å². The normalized spacial score (nSPS) is 19.3. The van der Waals surface area contributed by atoms with Gasteiger partial charge in [-0.15, -0.1) is 0 Å². The molecule has 0 aromatic carbocycles. The number of carbonyl (C=O) groups excluding carboxylic acids is 1. The Morgan fingerprint density at radius 1 is 1.28 bits per heavy atom. The molecule has 0 radical (unpaired) electrons. The summed E-state index contributed by atoms with van der Waals surface area (Å²) in [6.07, 6.45) is 1.47. The van der Waals surface area contributed by atoms with Gasteiger partial charge in [0, 0.05) is 24.1 Å². The molecule has 0 unspecified atom stereocenters. The van der Waals surface area contributed by atoms with E-state index in [1.54, 1.807) is 13.8 Å². The minimum absolute atomic E-state index is 0.0288. The second kappa shape index (κ2) is 6.62. The summed E-state index contributed by atoms with van der Waals surface area (Å²) >= 11 is 0. The van der Waals surface area contributed by atoms with Crippen LogP contribution in [0.5, 0.6) is 0 Å². The highest BCUT2D eigenvalue weighted by Crippen LogP contribution is 2.35. The van der Waals surface area contributed by atoms with Gasteiger partial charge >= 0.3 is 0 Å². The van der Waals surface area contributed by atoms with Crippen LogP contribution in [0.4, 0.5) is 0 Å². The van der Waals surface area contributed by atoms with Crippen LogP contribution in [-0.2, 0) is 11.3 Å². The van der Waals surface area contributed by atoms with E-state index < -0.39 is 0 Å². The van der Waals surface area contributed by atoms with Crippen molar-refractivity contribution in [2.75, 3.05) is 0 Å². The molecule has 1 saturated carbocycles. The van der Waals surface area contributed by atoms with Crippen LogP contribution in [0.1, 0.15) is 41.5 Å². The van der Waals surface area contributed by atoms with E-state index in [9.17, 15) is 14.4 Å². The van der Waals surface area contributed by atoms with Gasteiger partial charge in [-0.3, -0.25) is 14.4 Å². The van der Waals surface area contributed by atoms with Gasteiger partial charge in [-0.1, -0.05) is 0 Å². The quantitative estimate of drug-likeness (QED) is 0.830. The van der Waals surface area contributed by atoms with Gasteiger partial charge in [0.1, 0.15) is 12.4 Å². The summed E-state index contributed by atoms with van der Waals surface area (Å²) in [5.41, 5.74) is 1.86. The molecule has 8 heteroatoms. The van der Waals surface area contributed by atoms with E-state index in [0.717, 1.165) is 29.8 Å². The van der Waals surface area contributed by atoms with Crippen molar-refractivity contribution >= 4 is 5.91 Å². The highest BCUT2D eigenvalue weighted by atomic mass is 16.2. The van der Waals surface area contributed by atoms with Crippen LogP contribution in [0.25, 0.3) is 0 Å². The van der Waals surface area contributed by atoms with Crippen LogP contribution < -0.4 is 16.4 Å². The average Bonchev–Trinajstić information content (AvgIpc) is 2.47. The summed E-state index contributed by atoms with van der Waals surface area (Å²) in [4.78, 5) is 42.5. The van der Waals surface area contributed by atoms with E-state index in [-0.39, 0.29) is 35.5 Å². The van der Waals surface area contributed by atoms with E-state index >= 15 is 0 Å². The van der Waals surface area contributed by atoms with Gasteiger partial charge in [-0.25, -0.2) is 9.67 Å². The van der Waals surface area contributed by atoms with E-state index in [1.807, 2.05) is 6.92 Å². The van der Waals surface area contributed by atoms with Crippen molar-refractivity contribution in [1.29, 1.82) is 0 Å². The molecule has 3 rings (SSSR count). The molecule has 1 aliphatic rings. The molecule has 132 valence electrons. The lowest BCUT2D eigenvalue weighted by molar-refractivity contribution is -0.123. The van der Waals surface area contributed by atoms with Gasteiger partial charge in [0.15, 0.2) is 0 Å². The van der Waals surface area contributed by atoms with E-state index in [1.165, 1.54) is 16.8 Å². The standard InChI is InChI=1S/C17H21N5O3/c1-9-4-17(25)22(21-10(9)2)8-16(24)20-13-5-12(6-13)14-7-15(23)19-11(3)18-14/h4,7,12-13H,5-6,8H2,1-3H3,(H,20,24)(H,18,19,23). The molecule has 1 fully saturated rings. The second-order valence-electron chi connectivity index (χ2n) is 6.60. The molecule has 0 aliphatic heterocycles. The topological polar surface area (TPSA) is 110 Å². The molecule has 8 nitrogen and oxygen atoms in total. The number of nitrogens with zero attached hydrogens (tertiary/aromatic N) is 3. The fourth-order valence-electron chi connectivity index (χ4n) is 2.98. The monoisotopic (exact) mass is 343 g/mol. The van der Waals surface area contributed by atoms with Gasteiger partial charge in [-0.2, -0.15) is 5.10 Å². The number of hydrogen-bond acceptors (Lipinski definition) is 5. The minimum atomic E-state index is -0.284. The molecule has 2 N–H and O–H groups in total. The van der Waals surface area contributed by atoms with Gasteiger partial charge < -0.3 is 10.3 Å². The lowest BCUT2D eigenvalue weighted by atomic mass is 9.78. The fraction of sp³-hybridized carbons (Fsp3) is 0.471. The van der Waals surface area contributed by atoms with Crippen LogP contribution in [0.15, 0.2) is 21.7 Å². The molecule has 0 saturated heterocycles. The average molecular weight is 343 g/mol. The first-order valence-electron chi connectivity index (χ1n) is 8.24. The molecule has 2 aromatic rings. The fourth-order valence-corrected chi connectivity index (χ4v) is 2.98. The first kappa shape index (κ1) is 17.1. The molecule has 25 heavy (non-hydrogen) atoms. The molecule has 1 aliphatic carbocycles. The minimum Gasteiger partial charge on any atom is -0.352 e. The largest absolute Gasteiger partial charge is 0.352 e. The number of aromatic nitrogens is 4. The van der Waals surface area contributed by atoms with Crippen molar-refractivity contribution in [3.63, 3.8) is 0 Å². The summed E-state index contributed by atoms with van der Waals surface area (Å²) in [5, 5.41) is 7.04. The summed E-state index contributed by atoms with van der Waals surface area (Å²) in [6.45, 7) is 5.27. The third-order valence-corrected chi connectivity index (χ3v) is 4.53. The first-order chi connectivity index (χ1) is 11.8. The van der Waals surface area contributed by atoms with Crippen molar-refractivity contribution in [2.45, 2.75) is 52.1 Å². The molecule has 0 spiro atoms. The maximum Gasteiger partial charge on any atom is 0.267 e. The molecule has 2 aromatic heterocycles. The number of amides is 1. The predicted molar refractivity (Wildman–Crippen MR) is 91.5 cm³/mol. The number of hydrogen-bond donors (Lipinski definition) is 2. The predicted octanol–water partition coefficient (Wildman–Crippen LogP) is 0.314.